The standard InChI is InChI=1S/C22H19FN6O/c23-17-8-2-4-10-20(17)29-19-11-5-7-16(19)21(27-29)22(30)26-18-9-3-1-6-15(18)12-28-14-24-13-25-28/h1-4,6,8-10,13-14H,5,7,11-12H2,(H,26,30). The molecule has 2 aromatic heterocycles. The molecule has 7 nitrogen and oxygen atoms in total. The highest BCUT2D eigenvalue weighted by Crippen LogP contribution is 2.29. The number of nitrogens with zero attached hydrogens (tertiary/aromatic N) is 5. The van der Waals surface area contributed by atoms with Crippen molar-refractivity contribution in [3.63, 3.8) is 0 Å². The second kappa shape index (κ2) is 7.55. The van der Waals surface area contributed by atoms with Gasteiger partial charge in [-0.3, -0.25) is 4.79 Å². The van der Waals surface area contributed by atoms with Gasteiger partial charge in [-0.15, -0.1) is 0 Å². The molecule has 0 bridgehead atoms. The first-order valence-electron chi connectivity index (χ1n) is 9.78. The third-order valence-corrected chi connectivity index (χ3v) is 5.29. The fourth-order valence-electron chi connectivity index (χ4n) is 3.89. The van der Waals surface area contributed by atoms with Crippen LogP contribution < -0.4 is 5.32 Å². The van der Waals surface area contributed by atoms with E-state index in [4.69, 9.17) is 0 Å². The summed E-state index contributed by atoms with van der Waals surface area (Å²) in [5.74, 6) is -0.658. The van der Waals surface area contributed by atoms with E-state index in [1.54, 1.807) is 33.9 Å². The number of nitrogens with one attached hydrogen (secondary N) is 1. The summed E-state index contributed by atoms with van der Waals surface area (Å²) >= 11 is 0. The summed E-state index contributed by atoms with van der Waals surface area (Å²) in [6.07, 6.45) is 5.55. The second-order valence-corrected chi connectivity index (χ2v) is 7.19. The van der Waals surface area contributed by atoms with Crippen LogP contribution in [0.4, 0.5) is 10.1 Å². The maximum atomic E-state index is 14.4. The Morgan fingerprint density at radius 1 is 1.10 bits per heavy atom. The van der Waals surface area contributed by atoms with Crippen molar-refractivity contribution < 1.29 is 9.18 Å². The number of fused-ring (bicyclic) bond motifs is 1. The zero-order valence-electron chi connectivity index (χ0n) is 16.1. The minimum absolute atomic E-state index is 0.297. The number of carbonyl (C=O) groups is 1. The van der Waals surface area contributed by atoms with Gasteiger partial charge in [-0.2, -0.15) is 10.2 Å². The van der Waals surface area contributed by atoms with Crippen molar-refractivity contribution in [1.29, 1.82) is 0 Å². The van der Waals surface area contributed by atoms with Crippen molar-refractivity contribution in [3.05, 3.63) is 89.5 Å². The molecule has 0 atom stereocenters. The van der Waals surface area contributed by atoms with Crippen LogP contribution in [-0.4, -0.2) is 30.5 Å². The van der Waals surface area contributed by atoms with Gasteiger partial charge in [0.15, 0.2) is 5.69 Å². The minimum atomic E-state index is -0.361. The van der Waals surface area contributed by atoms with Crippen LogP contribution in [0.5, 0.6) is 0 Å². The van der Waals surface area contributed by atoms with Gasteiger partial charge in [0.25, 0.3) is 5.91 Å². The molecule has 2 heterocycles. The lowest BCUT2D eigenvalue weighted by molar-refractivity contribution is 0.102. The molecule has 1 amide bonds. The summed E-state index contributed by atoms with van der Waals surface area (Å²) in [5, 5.41) is 11.6. The highest BCUT2D eigenvalue weighted by Gasteiger charge is 2.28. The van der Waals surface area contributed by atoms with Crippen LogP contribution in [0, 0.1) is 5.82 Å². The van der Waals surface area contributed by atoms with Crippen LogP contribution in [-0.2, 0) is 19.4 Å². The molecule has 150 valence electrons. The molecule has 1 aliphatic carbocycles. The summed E-state index contributed by atoms with van der Waals surface area (Å²) < 4.78 is 17.6. The number of rotatable bonds is 5. The highest BCUT2D eigenvalue weighted by molar-refractivity contribution is 6.04. The quantitative estimate of drug-likeness (QED) is 0.555. The number of carbonyl (C=O) groups excluding carboxylic acids is 1. The van der Waals surface area contributed by atoms with E-state index in [1.165, 1.54) is 12.4 Å². The van der Waals surface area contributed by atoms with Crippen LogP contribution in [0.15, 0.2) is 61.2 Å². The molecule has 5 rings (SSSR count). The third kappa shape index (κ3) is 3.26. The summed E-state index contributed by atoms with van der Waals surface area (Å²) in [5.41, 5.74) is 4.10. The molecule has 0 spiro atoms. The number of anilines is 1. The van der Waals surface area contributed by atoms with Gasteiger partial charge in [-0.25, -0.2) is 18.7 Å². The fourth-order valence-corrected chi connectivity index (χ4v) is 3.89. The Kier molecular flexibility index (Phi) is 4.59. The first kappa shape index (κ1) is 18.2. The van der Waals surface area contributed by atoms with Crippen molar-refractivity contribution >= 4 is 11.6 Å². The fraction of sp³-hybridized carbons (Fsp3) is 0.182. The van der Waals surface area contributed by atoms with E-state index in [0.29, 0.717) is 23.6 Å². The molecule has 0 saturated heterocycles. The molecule has 1 aliphatic rings. The molecule has 0 aliphatic heterocycles. The molecule has 0 unspecified atom stereocenters. The average molecular weight is 402 g/mol. The van der Waals surface area contributed by atoms with Gasteiger partial charge < -0.3 is 5.32 Å². The van der Waals surface area contributed by atoms with Crippen LogP contribution in [0.2, 0.25) is 0 Å². The normalized spacial score (nSPS) is 12.7. The Hall–Kier alpha value is -3.81. The van der Waals surface area contributed by atoms with Gasteiger partial charge in [0.1, 0.15) is 24.2 Å². The first-order chi connectivity index (χ1) is 14.7. The number of aromatic nitrogens is 5. The van der Waals surface area contributed by atoms with E-state index in [1.807, 2.05) is 24.3 Å². The van der Waals surface area contributed by atoms with E-state index in [2.05, 4.69) is 20.5 Å². The molecule has 30 heavy (non-hydrogen) atoms. The molecule has 0 fully saturated rings. The Morgan fingerprint density at radius 3 is 2.77 bits per heavy atom. The lowest BCUT2D eigenvalue weighted by atomic mass is 10.1. The molecule has 0 radical (unpaired) electrons. The van der Waals surface area contributed by atoms with Gasteiger partial charge in [0.05, 0.1) is 6.54 Å². The zero-order valence-corrected chi connectivity index (χ0v) is 16.1. The van der Waals surface area contributed by atoms with Crippen molar-refractivity contribution in [2.24, 2.45) is 0 Å². The van der Waals surface area contributed by atoms with Crippen LogP contribution in [0.3, 0.4) is 0 Å². The Labute approximate surface area is 172 Å². The van der Waals surface area contributed by atoms with Gasteiger partial charge >= 0.3 is 0 Å². The molecule has 2 aromatic carbocycles. The molecular weight excluding hydrogens is 383 g/mol. The Morgan fingerprint density at radius 2 is 1.93 bits per heavy atom. The number of para-hydroxylation sites is 2. The summed E-state index contributed by atoms with van der Waals surface area (Å²) in [6.45, 7) is 0.484. The van der Waals surface area contributed by atoms with Crippen LogP contribution in [0.25, 0.3) is 5.69 Å². The van der Waals surface area contributed by atoms with E-state index in [9.17, 15) is 9.18 Å². The smallest absolute Gasteiger partial charge is 0.276 e. The predicted octanol–water partition coefficient (Wildman–Crippen LogP) is 3.39. The van der Waals surface area contributed by atoms with Crippen molar-refractivity contribution in [2.45, 2.75) is 25.8 Å². The van der Waals surface area contributed by atoms with Gasteiger partial charge in [-0.1, -0.05) is 30.3 Å². The second-order valence-electron chi connectivity index (χ2n) is 7.19. The first-order valence-corrected chi connectivity index (χ1v) is 9.78. The predicted molar refractivity (Wildman–Crippen MR) is 109 cm³/mol. The molecule has 4 aromatic rings. The van der Waals surface area contributed by atoms with Crippen molar-refractivity contribution in [2.75, 3.05) is 5.32 Å². The van der Waals surface area contributed by atoms with Gasteiger partial charge in [0.2, 0.25) is 0 Å². The minimum Gasteiger partial charge on any atom is -0.320 e. The number of hydrogen-bond donors (Lipinski definition) is 1. The van der Waals surface area contributed by atoms with E-state index >= 15 is 0 Å². The Balaban J connectivity index is 1.47. The Bertz CT molecular complexity index is 1210. The number of halogens is 1. The van der Waals surface area contributed by atoms with Crippen LogP contribution in [0.1, 0.15) is 33.7 Å². The molecule has 8 heteroatoms. The van der Waals surface area contributed by atoms with E-state index < -0.39 is 0 Å². The SMILES string of the molecule is O=C(Nc1ccccc1Cn1cncn1)c1nn(-c2ccccc2F)c2c1CCC2. The monoisotopic (exact) mass is 402 g/mol. The summed E-state index contributed by atoms with van der Waals surface area (Å²) in [7, 11) is 0. The topological polar surface area (TPSA) is 77.6 Å². The van der Waals surface area contributed by atoms with Gasteiger partial charge in [-0.05, 0) is 43.0 Å². The van der Waals surface area contributed by atoms with Gasteiger partial charge in [0, 0.05) is 16.9 Å². The number of hydrogen-bond acceptors (Lipinski definition) is 4. The molecule has 0 saturated carbocycles. The molecular formula is C22H19FN6O. The molecule has 1 N–H and O–H groups in total. The zero-order chi connectivity index (χ0) is 20.5. The lowest BCUT2D eigenvalue weighted by Gasteiger charge is -2.10. The number of benzene rings is 2. The maximum absolute atomic E-state index is 14.4. The maximum Gasteiger partial charge on any atom is 0.276 e. The highest BCUT2D eigenvalue weighted by atomic mass is 19.1. The lowest BCUT2D eigenvalue weighted by Crippen LogP contribution is -2.17. The van der Waals surface area contributed by atoms with Crippen molar-refractivity contribution in [1.82, 2.24) is 24.5 Å². The van der Waals surface area contributed by atoms with Crippen LogP contribution >= 0.6 is 0 Å². The number of amides is 1. The van der Waals surface area contributed by atoms with E-state index in [0.717, 1.165) is 36.1 Å². The van der Waals surface area contributed by atoms with Crippen molar-refractivity contribution in [3.8, 4) is 5.69 Å². The average Bonchev–Trinajstić information content (AvgIpc) is 3.48. The summed E-state index contributed by atoms with van der Waals surface area (Å²) in [6, 6.07) is 14.0. The summed E-state index contributed by atoms with van der Waals surface area (Å²) in [4.78, 5) is 17.1. The third-order valence-electron chi connectivity index (χ3n) is 5.29. The largest absolute Gasteiger partial charge is 0.320 e. The van der Waals surface area contributed by atoms with E-state index in [-0.39, 0.29) is 11.7 Å².